The molecule has 0 saturated carbocycles. The van der Waals surface area contributed by atoms with E-state index in [0.29, 0.717) is 16.9 Å². The van der Waals surface area contributed by atoms with Crippen molar-refractivity contribution < 1.29 is 4.79 Å². The first-order valence-electron chi connectivity index (χ1n) is 7.06. The number of carbonyl (C=O) groups is 1. The first-order valence-corrected chi connectivity index (χ1v) is 7.06. The summed E-state index contributed by atoms with van der Waals surface area (Å²) in [6.45, 7) is 0. The Balaban J connectivity index is 2.05. The van der Waals surface area contributed by atoms with Crippen LogP contribution >= 0.6 is 0 Å². The molecular weight excluding hydrogens is 276 g/mol. The van der Waals surface area contributed by atoms with E-state index in [4.69, 9.17) is 0 Å². The first kappa shape index (κ1) is 11.5. The molecule has 3 heterocycles. The van der Waals surface area contributed by atoms with Gasteiger partial charge in [0, 0.05) is 27.9 Å². The van der Waals surface area contributed by atoms with Crippen molar-refractivity contribution in [1.29, 1.82) is 0 Å². The summed E-state index contributed by atoms with van der Waals surface area (Å²) in [5.41, 5.74) is 3.14. The highest BCUT2D eigenvalue weighted by molar-refractivity contribution is 6.22. The summed E-state index contributed by atoms with van der Waals surface area (Å²) in [6.07, 6.45) is 0. The van der Waals surface area contributed by atoms with Crippen LogP contribution in [0.15, 0.2) is 59.4 Å². The van der Waals surface area contributed by atoms with Crippen LogP contribution in [0.2, 0.25) is 0 Å². The molecule has 0 unspecified atom stereocenters. The van der Waals surface area contributed by atoms with Crippen LogP contribution in [0.3, 0.4) is 0 Å². The zero-order valence-corrected chi connectivity index (χ0v) is 11.5. The molecule has 2 aromatic heterocycles. The lowest BCUT2D eigenvalue weighted by molar-refractivity contribution is 0.104. The molecule has 0 bridgehead atoms. The van der Waals surface area contributed by atoms with Gasteiger partial charge in [0.25, 0.3) is 5.56 Å². The van der Waals surface area contributed by atoms with Gasteiger partial charge in [-0.1, -0.05) is 30.3 Å². The normalized spacial score (nSPS) is 12.8. The van der Waals surface area contributed by atoms with Crippen LogP contribution in [0.25, 0.3) is 27.5 Å². The number of para-hydroxylation sites is 2. The third-order valence-corrected chi connectivity index (χ3v) is 4.30. The molecule has 1 aliphatic heterocycles. The highest BCUT2D eigenvalue weighted by atomic mass is 16.1. The van der Waals surface area contributed by atoms with Crippen molar-refractivity contribution in [2.24, 2.45) is 0 Å². The summed E-state index contributed by atoms with van der Waals surface area (Å²) in [4.78, 5) is 28.6. The van der Waals surface area contributed by atoms with Crippen molar-refractivity contribution in [3.63, 3.8) is 0 Å². The molecule has 0 fully saturated rings. The van der Waals surface area contributed by atoms with Gasteiger partial charge in [-0.15, -0.1) is 0 Å². The fourth-order valence-electron chi connectivity index (χ4n) is 3.35. The van der Waals surface area contributed by atoms with Crippen LogP contribution in [0.5, 0.6) is 0 Å². The van der Waals surface area contributed by atoms with Gasteiger partial charge in [-0.25, -0.2) is 0 Å². The molecule has 104 valence electrons. The van der Waals surface area contributed by atoms with Crippen molar-refractivity contribution >= 4 is 27.6 Å². The summed E-state index contributed by atoms with van der Waals surface area (Å²) >= 11 is 0. The van der Waals surface area contributed by atoms with Gasteiger partial charge >= 0.3 is 0 Å². The van der Waals surface area contributed by atoms with Crippen LogP contribution in [0.4, 0.5) is 0 Å². The number of hydrogen-bond acceptors (Lipinski definition) is 2. The van der Waals surface area contributed by atoms with E-state index in [9.17, 15) is 9.59 Å². The van der Waals surface area contributed by atoms with Crippen molar-refractivity contribution in [1.82, 2.24) is 9.55 Å². The Morgan fingerprint density at radius 1 is 0.864 bits per heavy atom. The smallest absolute Gasteiger partial charge is 0.256 e. The summed E-state index contributed by atoms with van der Waals surface area (Å²) < 4.78 is 1.51. The lowest BCUT2D eigenvalue weighted by Crippen LogP contribution is -2.18. The average Bonchev–Trinajstić information content (AvgIpc) is 3.05. The van der Waals surface area contributed by atoms with E-state index in [1.807, 2.05) is 36.4 Å². The Bertz CT molecular complexity index is 1160. The molecule has 0 amide bonds. The summed E-state index contributed by atoms with van der Waals surface area (Å²) in [7, 11) is 0. The molecule has 0 spiro atoms. The number of aromatic amines is 1. The third kappa shape index (κ3) is 1.22. The van der Waals surface area contributed by atoms with Crippen molar-refractivity contribution in [2.45, 2.75) is 0 Å². The zero-order valence-electron chi connectivity index (χ0n) is 11.5. The van der Waals surface area contributed by atoms with E-state index >= 15 is 0 Å². The fourth-order valence-corrected chi connectivity index (χ4v) is 3.35. The highest BCUT2D eigenvalue weighted by Crippen LogP contribution is 2.33. The van der Waals surface area contributed by atoms with Gasteiger partial charge in [-0.2, -0.15) is 0 Å². The number of pyridine rings is 1. The minimum Gasteiger partial charge on any atom is -0.353 e. The Kier molecular flexibility index (Phi) is 1.96. The molecule has 5 rings (SSSR count). The molecule has 0 aliphatic carbocycles. The van der Waals surface area contributed by atoms with Crippen molar-refractivity contribution in [2.75, 3.05) is 0 Å². The zero-order chi connectivity index (χ0) is 14.8. The van der Waals surface area contributed by atoms with Gasteiger partial charge in [-0.3, -0.25) is 14.2 Å². The molecule has 22 heavy (non-hydrogen) atoms. The molecule has 1 aliphatic rings. The number of carbonyl (C=O) groups excluding carboxylic acids is 1. The second-order valence-electron chi connectivity index (χ2n) is 5.47. The maximum atomic E-state index is 12.8. The number of benzene rings is 2. The predicted octanol–water partition coefficient (Wildman–Crippen LogP) is 3.02. The van der Waals surface area contributed by atoms with E-state index < -0.39 is 0 Å². The summed E-state index contributed by atoms with van der Waals surface area (Å²) in [6, 6.07) is 16.6. The van der Waals surface area contributed by atoms with Gasteiger partial charge in [0.15, 0.2) is 0 Å². The Morgan fingerprint density at radius 2 is 1.64 bits per heavy atom. The average molecular weight is 286 g/mol. The number of nitrogens with one attached hydrogen (secondary N) is 1. The quantitative estimate of drug-likeness (QED) is 0.476. The van der Waals surface area contributed by atoms with E-state index in [1.165, 1.54) is 4.57 Å². The number of nitrogens with zero attached hydrogens (tertiary/aromatic N) is 1. The topological polar surface area (TPSA) is 54.9 Å². The second kappa shape index (κ2) is 3.74. The highest BCUT2D eigenvalue weighted by Gasteiger charge is 2.30. The van der Waals surface area contributed by atoms with Crippen LogP contribution in [0, 0.1) is 0 Å². The number of fused-ring (bicyclic) bond motifs is 7. The van der Waals surface area contributed by atoms with Crippen molar-refractivity contribution in [3.8, 4) is 5.69 Å². The molecule has 2 aromatic carbocycles. The molecule has 4 heteroatoms. The van der Waals surface area contributed by atoms with Gasteiger partial charge in [0.05, 0.1) is 11.2 Å². The number of H-pyrrole nitrogens is 1. The molecular formula is C18H10N2O2. The fraction of sp³-hybridized carbons (Fsp3) is 0. The maximum absolute atomic E-state index is 12.8. The molecule has 0 saturated heterocycles. The Morgan fingerprint density at radius 3 is 2.55 bits per heavy atom. The van der Waals surface area contributed by atoms with Crippen LogP contribution in [-0.4, -0.2) is 15.3 Å². The second-order valence-corrected chi connectivity index (χ2v) is 5.47. The number of ketones is 1. The van der Waals surface area contributed by atoms with Crippen LogP contribution in [-0.2, 0) is 0 Å². The minimum absolute atomic E-state index is 0.107. The van der Waals surface area contributed by atoms with Gasteiger partial charge in [0.2, 0.25) is 5.78 Å². The summed E-state index contributed by atoms with van der Waals surface area (Å²) in [5.74, 6) is -0.107. The van der Waals surface area contributed by atoms with E-state index in [0.717, 1.165) is 21.8 Å². The van der Waals surface area contributed by atoms with E-state index in [2.05, 4.69) is 4.98 Å². The summed E-state index contributed by atoms with van der Waals surface area (Å²) in [5, 5.41) is 1.76. The first-order chi connectivity index (χ1) is 10.8. The van der Waals surface area contributed by atoms with Gasteiger partial charge in [-0.05, 0) is 18.2 Å². The molecule has 4 nitrogen and oxygen atoms in total. The maximum Gasteiger partial charge on any atom is 0.256 e. The number of aromatic nitrogens is 2. The lowest BCUT2D eigenvalue weighted by atomic mass is 10.1. The standard InChI is InChI=1S/C18H10N2O2/c21-15-9-12-10-5-1-3-7-13(10)19-16(12)17-18(22)11-6-2-4-8-14(11)20(15)17/h1-9,19H. The van der Waals surface area contributed by atoms with Crippen LogP contribution in [0.1, 0.15) is 16.1 Å². The van der Waals surface area contributed by atoms with Crippen molar-refractivity contribution in [3.05, 3.63) is 76.2 Å². The predicted molar refractivity (Wildman–Crippen MR) is 84.8 cm³/mol. The minimum atomic E-state index is -0.175. The van der Waals surface area contributed by atoms with Crippen LogP contribution < -0.4 is 5.56 Å². The Labute approximate surface area is 124 Å². The van der Waals surface area contributed by atoms with E-state index in [1.54, 1.807) is 18.2 Å². The third-order valence-electron chi connectivity index (χ3n) is 4.30. The SMILES string of the molecule is O=C1c2ccccc2-n2c1c1[nH]c3ccccc3c1cc2=O. The number of hydrogen-bond donors (Lipinski definition) is 1. The van der Waals surface area contributed by atoms with Gasteiger partial charge < -0.3 is 4.98 Å². The molecule has 0 atom stereocenters. The monoisotopic (exact) mass is 286 g/mol. The Hall–Kier alpha value is -3.14. The van der Waals surface area contributed by atoms with E-state index in [-0.39, 0.29) is 11.3 Å². The molecule has 4 aromatic rings. The molecule has 1 N–H and O–H groups in total. The largest absolute Gasteiger partial charge is 0.353 e. The lowest BCUT2D eigenvalue weighted by Gasteiger charge is -2.04. The van der Waals surface area contributed by atoms with Gasteiger partial charge in [0.1, 0.15) is 5.69 Å². The number of rotatable bonds is 0. The molecule has 0 radical (unpaired) electrons.